The van der Waals surface area contributed by atoms with Crippen LogP contribution in [0.1, 0.15) is 13.8 Å². The first-order chi connectivity index (χ1) is 10.0. The van der Waals surface area contributed by atoms with Gasteiger partial charge in [0, 0.05) is 24.8 Å². The molecule has 0 bridgehead atoms. The highest BCUT2D eigenvalue weighted by Crippen LogP contribution is 2.21. The summed E-state index contributed by atoms with van der Waals surface area (Å²) in [6.07, 6.45) is 3.98. The molecule has 1 aromatic heterocycles. The number of hydrogen-bond donors (Lipinski definition) is 0. The van der Waals surface area contributed by atoms with Crippen LogP contribution in [0, 0.1) is 5.92 Å². The van der Waals surface area contributed by atoms with E-state index in [2.05, 4.69) is 60.7 Å². The molecule has 0 fully saturated rings. The topological polar surface area (TPSA) is 30.3 Å². The fraction of sp³-hybridized carbons (Fsp3) is 0.471. The van der Waals surface area contributed by atoms with Crippen LogP contribution in [0.25, 0.3) is 11.3 Å². The molecule has 0 unspecified atom stereocenters. The SMILES string of the molecule is CC(C)COc1ccc(-c2cn(CCN(C)C)cn2)cc1. The summed E-state index contributed by atoms with van der Waals surface area (Å²) in [5.74, 6) is 1.46. The maximum absolute atomic E-state index is 5.70. The molecule has 1 aromatic carbocycles. The lowest BCUT2D eigenvalue weighted by molar-refractivity contribution is 0.271. The second kappa shape index (κ2) is 7.27. The van der Waals surface area contributed by atoms with Crippen molar-refractivity contribution in [3.8, 4) is 17.0 Å². The molecule has 1 heterocycles. The van der Waals surface area contributed by atoms with Crippen LogP contribution in [0.2, 0.25) is 0 Å². The lowest BCUT2D eigenvalue weighted by atomic mass is 10.1. The zero-order valence-corrected chi connectivity index (χ0v) is 13.4. The molecule has 0 spiro atoms. The molecule has 0 saturated carbocycles. The van der Waals surface area contributed by atoms with Gasteiger partial charge in [0.15, 0.2) is 0 Å². The number of hydrogen-bond acceptors (Lipinski definition) is 3. The van der Waals surface area contributed by atoms with Gasteiger partial charge in [0.2, 0.25) is 0 Å². The van der Waals surface area contributed by atoms with Crippen LogP contribution in [0.4, 0.5) is 0 Å². The molecule has 0 aliphatic rings. The summed E-state index contributed by atoms with van der Waals surface area (Å²) in [4.78, 5) is 6.64. The molecular formula is C17H25N3O. The highest BCUT2D eigenvalue weighted by atomic mass is 16.5. The standard InChI is InChI=1S/C17H25N3O/c1-14(2)12-21-16-7-5-15(6-8-16)17-11-20(13-18-17)10-9-19(3)4/h5-8,11,13-14H,9-10,12H2,1-4H3. The highest BCUT2D eigenvalue weighted by Gasteiger charge is 2.04. The Morgan fingerprint density at radius 2 is 1.90 bits per heavy atom. The summed E-state index contributed by atoms with van der Waals surface area (Å²) in [6.45, 7) is 7.01. The number of nitrogens with zero attached hydrogens (tertiary/aromatic N) is 3. The largest absolute Gasteiger partial charge is 0.493 e. The number of rotatable bonds is 7. The number of imidazole rings is 1. The van der Waals surface area contributed by atoms with Crippen molar-refractivity contribution >= 4 is 0 Å². The monoisotopic (exact) mass is 287 g/mol. The first-order valence-electron chi connectivity index (χ1n) is 7.44. The Kier molecular flexibility index (Phi) is 5.39. The van der Waals surface area contributed by atoms with Crippen molar-refractivity contribution in [1.29, 1.82) is 0 Å². The van der Waals surface area contributed by atoms with Crippen LogP contribution < -0.4 is 4.74 Å². The first-order valence-corrected chi connectivity index (χ1v) is 7.44. The van der Waals surface area contributed by atoms with Crippen LogP contribution in [-0.4, -0.2) is 41.7 Å². The maximum atomic E-state index is 5.70. The molecule has 114 valence electrons. The van der Waals surface area contributed by atoms with Crippen molar-refractivity contribution in [1.82, 2.24) is 14.5 Å². The third kappa shape index (κ3) is 4.90. The van der Waals surface area contributed by atoms with Crippen LogP contribution in [0.15, 0.2) is 36.8 Å². The predicted molar refractivity (Wildman–Crippen MR) is 86.6 cm³/mol. The summed E-state index contributed by atoms with van der Waals surface area (Å²) in [5, 5.41) is 0. The van der Waals surface area contributed by atoms with Gasteiger partial charge in [-0.3, -0.25) is 0 Å². The molecule has 21 heavy (non-hydrogen) atoms. The average molecular weight is 287 g/mol. The third-order valence-electron chi connectivity index (χ3n) is 3.17. The Labute approximate surface area is 127 Å². The highest BCUT2D eigenvalue weighted by molar-refractivity contribution is 5.59. The van der Waals surface area contributed by atoms with Gasteiger partial charge in [-0.15, -0.1) is 0 Å². The molecule has 0 N–H and O–H groups in total. The molecule has 0 radical (unpaired) electrons. The van der Waals surface area contributed by atoms with Crippen molar-refractivity contribution in [3.05, 3.63) is 36.8 Å². The van der Waals surface area contributed by atoms with E-state index >= 15 is 0 Å². The van der Waals surface area contributed by atoms with Gasteiger partial charge >= 0.3 is 0 Å². The van der Waals surface area contributed by atoms with Crippen molar-refractivity contribution in [2.75, 3.05) is 27.2 Å². The Balaban J connectivity index is 1.98. The molecular weight excluding hydrogens is 262 g/mol. The van der Waals surface area contributed by atoms with Crippen LogP contribution in [0.5, 0.6) is 5.75 Å². The smallest absolute Gasteiger partial charge is 0.119 e. The van der Waals surface area contributed by atoms with Gasteiger partial charge in [0.1, 0.15) is 5.75 Å². The second-order valence-electron chi connectivity index (χ2n) is 6.03. The minimum absolute atomic E-state index is 0.539. The van der Waals surface area contributed by atoms with Gasteiger partial charge < -0.3 is 14.2 Å². The van der Waals surface area contributed by atoms with Gasteiger partial charge in [0.05, 0.1) is 18.6 Å². The molecule has 2 rings (SSSR count). The lowest BCUT2D eigenvalue weighted by Crippen LogP contribution is -2.17. The van der Waals surface area contributed by atoms with Gasteiger partial charge in [-0.2, -0.15) is 0 Å². The zero-order chi connectivity index (χ0) is 15.2. The Morgan fingerprint density at radius 1 is 1.19 bits per heavy atom. The zero-order valence-electron chi connectivity index (χ0n) is 13.4. The van der Waals surface area contributed by atoms with Gasteiger partial charge in [-0.05, 0) is 44.3 Å². The van der Waals surface area contributed by atoms with E-state index in [1.54, 1.807) is 0 Å². The van der Waals surface area contributed by atoms with E-state index in [0.717, 1.165) is 36.7 Å². The second-order valence-corrected chi connectivity index (χ2v) is 6.03. The quantitative estimate of drug-likeness (QED) is 0.783. The normalized spacial score (nSPS) is 11.3. The van der Waals surface area contributed by atoms with E-state index in [0.29, 0.717) is 5.92 Å². The number of benzene rings is 1. The van der Waals surface area contributed by atoms with Crippen molar-refractivity contribution in [2.45, 2.75) is 20.4 Å². The molecule has 4 nitrogen and oxygen atoms in total. The van der Waals surface area contributed by atoms with Gasteiger partial charge in [-0.25, -0.2) is 4.98 Å². The Morgan fingerprint density at radius 3 is 2.52 bits per heavy atom. The predicted octanol–water partition coefficient (Wildman–Crippen LogP) is 3.15. The van der Waals surface area contributed by atoms with Gasteiger partial charge in [-0.1, -0.05) is 13.8 Å². The number of aromatic nitrogens is 2. The Hall–Kier alpha value is -1.81. The average Bonchev–Trinajstić information content (AvgIpc) is 2.92. The molecule has 0 aliphatic heterocycles. The van der Waals surface area contributed by atoms with E-state index in [4.69, 9.17) is 4.74 Å². The Bertz CT molecular complexity index is 543. The minimum Gasteiger partial charge on any atom is -0.493 e. The number of likely N-dealkylation sites (N-methyl/N-ethyl adjacent to an activating group) is 1. The van der Waals surface area contributed by atoms with Gasteiger partial charge in [0.25, 0.3) is 0 Å². The summed E-state index contributed by atoms with van der Waals surface area (Å²) >= 11 is 0. The molecule has 2 aromatic rings. The molecule has 0 saturated heterocycles. The third-order valence-corrected chi connectivity index (χ3v) is 3.17. The molecule has 0 atom stereocenters. The van der Waals surface area contributed by atoms with E-state index in [1.807, 2.05) is 18.5 Å². The fourth-order valence-electron chi connectivity index (χ4n) is 1.93. The maximum Gasteiger partial charge on any atom is 0.119 e. The van der Waals surface area contributed by atoms with E-state index in [1.165, 1.54) is 0 Å². The number of ether oxygens (including phenoxy) is 1. The summed E-state index contributed by atoms with van der Waals surface area (Å²) < 4.78 is 7.82. The van der Waals surface area contributed by atoms with E-state index in [9.17, 15) is 0 Å². The summed E-state index contributed by atoms with van der Waals surface area (Å²) in [6, 6.07) is 8.15. The van der Waals surface area contributed by atoms with E-state index < -0.39 is 0 Å². The fourth-order valence-corrected chi connectivity index (χ4v) is 1.93. The molecule has 0 amide bonds. The summed E-state index contributed by atoms with van der Waals surface area (Å²) in [7, 11) is 4.15. The lowest BCUT2D eigenvalue weighted by Gasteiger charge is -2.09. The first kappa shape index (κ1) is 15.6. The summed E-state index contributed by atoms with van der Waals surface area (Å²) in [5.41, 5.74) is 2.12. The van der Waals surface area contributed by atoms with Crippen molar-refractivity contribution in [3.63, 3.8) is 0 Å². The van der Waals surface area contributed by atoms with Crippen molar-refractivity contribution < 1.29 is 4.74 Å². The molecule has 0 aliphatic carbocycles. The van der Waals surface area contributed by atoms with Crippen molar-refractivity contribution in [2.24, 2.45) is 5.92 Å². The minimum atomic E-state index is 0.539. The van der Waals surface area contributed by atoms with Crippen LogP contribution in [-0.2, 0) is 6.54 Å². The van der Waals surface area contributed by atoms with Crippen LogP contribution >= 0.6 is 0 Å². The van der Waals surface area contributed by atoms with E-state index in [-0.39, 0.29) is 0 Å². The van der Waals surface area contributed by atoms with Crippen LogP contribution in [0.3, 0.4) is 0 Å². The molecule has 4 heteroatoms.